The lowest BCUT2D eigenvalue weighted by molar-refractivity contribution is 0.0938. The van der Waals surface area contributed by atoms with Crippen LogP contribution in [-0.4, -0.2) is 23.1 Å². The molecule has 1 aliphatic rings. The maximum Gasteiger partial charge on any atom is 0.167 e. The summed E-state index contributed by atoms with van der Waals surface area (Å²) in [7, 11) is 0. The predicted molar refractivity (Wildman–Crippen MR) is 96.1 cm³/mol. The summed E-state index contributed by atoms with van der Waals surface area (Å²) < 4.78 is 11.9. The highest BCUT2D eigenvalue weighted by atomic mass is 32.1. The summed E-state index contributed by atoms with van der Waals surface area (Å²) in [5, 5.41) is 4.46. The van der Waals surface area contributed by atoms with Gasteiger partial charge in [0.15, 0.2) is 17.6 Å². The fourth-order valence-electron chi connectivity index (χ4n) is 2.72. The maximum atomic E-state index is 6.10. The smallest absolute Gasteiger partial charge is 0.167 e. The Bertz CT molecular complexity index is 849. The predicted octanol–water partition coefficient (Wildman–Crippen LogP) is 4.42. The van der Waals surface area contributed by atoms with Crippen molar-refractivity contribution in [2.24, 2.45) is 0 Å². The van der Waals surface area contributed by atoms with Gasteiger partial charge < -0.3 is 14.8 Å². The van der Waals surface area contributed by atoms with Gasteiger partial charge in [-0.1, -0.05) is 25.5 Å². The van der Waals surface area contributed by atoms with Crippen molar-refractivity contribution in [2.45, 2.75) is 25.9 Å². The Labute approximate surface area is 144 Å². The quantitative estimate of drug-likeness (QED) is 0.696. The number of hydrogen-bond acceptors (Lipinski definition) is 6. The highest BCUT2D eigenvalue weighted by molar-refractivity contribution is 7.18. The lowest BCUT2D eigenvalue weighted by Crippen LogP contribution is -2.20. The van der Waals surface area contributed by atoms with E-state index < -0.39 is 0 Å². The van der Waals surface area contributed by atoms with E-state index in [9.17, 15) is 0 Å². The Hall–Kier alpha value is -2.34. The minimum absolute atomic E-state index is 0.109. The zero-order valence-electron chi connectivity index (χ0n) is 13.5. The first kappa shape index (κ1) is 15.2. The molecule has 0 spiro atoms. The van der Waals surface area contributed by atoms with E-state index in [1.54, 1.807) is 17.7 Å². The molecule has 2 aromatic heterocycles. The monoisotopic (exact) mass is 341 g/mol. The second kappa shape index (κ2) is 6.65. The van der Waals surface area contributed by atoms with E-state index in [0.29, 0.717) is 6.61 Å². The molecular formula is C18H19N3O2S. The lowest BCUT2D eigenvalue weighted by atomic mass is 10.2. The number of para-hydroxylation sites is 2. The number of thiophene rings is 1. The second-order valence-corrected chi connectivity index (χ2v) is 6.80. The van der Waals surface area contributed by atoms with Gasteiger partial charge in [-0.15, -0.1) is 11.3 Å². The maximum absolute atomic E-state index is 6.10. The SMILES string of the molecule is CCCCNc1ncnc2sc(C3COc4ccccc4O3)cc12. The van der Waals surface area contributed by atoms with E-state index in [4.69, 9.17) is 9.47 Å². The Balaban J connectivity index is 1.60. The van der Waals surface area contributed by atoms with Crippen LogP contribution in [0.25, 0.3) is 10.2 Å². The molecule has 3 aromatic rings. The molecular weight excluding hydrogens is 322 g/mol. The average Bonchev–Trinajstić information content (AvgIpc) is 3.07. The summed E-state index contributed by atoms with van der Waals surface area (Å²) in [5.41, 5.74) is 0. The molecule has 0 radical (unpaired) electrons. The average molecular weight is 341 g/mol. The van der Waals surface area contributed by atoms with E-state index in [2.05, 4.69) is 28.3 Å². The van der Waals surface area contributed by atoms with Crippen LogP contribution in [0.1, 0.15) is 30.7 Å². The minimum atomic E-state index is -0.109. The number of anilines is 1. The lowest BCUT2D eigenvalue weighted by Gasteiger charge is -2.25. The van der Waals surface area contributed by atoms with Gasteiger partial charge in [0, 0.05) is 6.54 Å². The van der Waals surface area contributed by atoms with Gasteiger partial charge in [0.2, 0.25) is 0 Å². The third-order valence-electron chi connectivity index (χ3n) is 4.00. The van der Waals surface area contributed by atoms with Crippen molar-refractivity contribution in [3.05, 3.63) is 41.5 Å². The molecule has 6 heteroatoms. The molecule has 3 heterocycles. The fourth-order valence-corrected chi connectivity index (χ4v) is 3.73. The second-order valence-electron chi connectivity index (χ2n) is 5.73. The largest absolute Gasteiger partial charge is 0.485 e. The van der Waals surface area contributed by atoms with Crippen LogP contribution >= 0.6 is 11.3 Å². The van der Waals surface area contributed by atoms with Gasteiger partial charge in [0.25, 0.3) is 0 Å². The van der Waals surface area contributed by atoms with Gasteiger partial charge in [-0.3, -0.25) is 0 Å². The molecule has 1 aliphatic heterocycles. The molecule has 0 aliphatic carbocycles. The van der Waals surface area contributed by atoms with Crippen LogP contribution in [0.3, 0.4) is 0 Å². The molecule has 1 unspecified atom stereocenters. The molecule has 0 saturated carbocycles. The number of aromatic nitrogens is 2. The molecule has 5 nitrogen and oxygen atoms in total. The number of nitrogens with one attached hydrogen (secondary N) is 1. The van der Waals surface area contributed by atoms with Gasteiger partial charge in [-0.05, 0) is 24.6 Å². The summed E-state index contributed by atoms with van der Waals surface area (Å²) in [6.07, 6.45) is 3.79. The highest BCUT2D eigenvalue weighted by Gasteiger charge is 2.24. The molecule has 0 bridgehead atoms. The number of nitrogens with zero attached hydrogens (tertiary/aromatic N) is 2. The number of ether oxygens (including phenoxy) is 2. The third-order valence-corrected chi connectivity index (χ3v) is 5.13. The minimum Gasteiger partial charge on any atom is -0.485 e. The third kappa shape index (κ3) is 2.89. The van der Waals surface area contributed by atoms with Crippen LogP contribution < -0.4 is 14.8 Å². The summed E-state index contributed by atoms with van der Waals surface area (Å²) in [6, 6.07) is 9.89. The van der Waals surface area contributed by atoms with Crippen molar-refractivity contribution in [1.82, 2.24) is 9.97 Å². The Morgan fingerprint density at radius 3 is 3.00 bits per heavy atom. The molecule has 124 valence electrons. The van der Waals surface area contributed by atoms with Crippen LogP contribution in [0.15, 0.2) is 36.7 Å². The van der Waals surface area contributed by atoms with Gasteiger partial charge >= 0.3 is 0 Å². The number of unbranched alkanes of at least 4 members (excludes halogenated alkanes) is 1. The van der Waals surface area contributed by atoms with E-state index in [-0.39, 0.29) is 6.10 Å². The van der Waals surface area contributed by atoms with E-state index in [1.165, 1.54) is 0 Å². The highest BCUT2D eigenvalue weighted by Crippen LogP contribution is 2.39. The first-order valence-electron chi connectivity index (χ1n) is 8.22. The van der Waals surface area contributed by atoms with E-state index in [1.807, 2.05) is 24.3 Å². The molecule has 1 atom stereocenters. The van der Waals surface area contributed by atoms with Crippen LogP contribution in [0.2, 0.25) is 0 Å². The van der Waals surface area contributed by atoms with Crippen molar-refractivity contribution in [2.75, 3.05) is 18.5 Å². The Morgan fingerprint density at radius 2 is 2.12 bits per heavy atom. The van der Waals surface area contributed by atoms with Crippen LogP contribution in [-0.2, 0) is 0 Å². The number of benzene rings is 1. The van der Waals surface area contributed by atoms with Crippen molar-refractivity contribution < 1.29 is 9.47 Å². The molecule has 0 amide bonds. The van der Waals surface area contributed by atoms with Crippen LogP contribution in [0.5, 0.6) is 11.5 Å². The van der Waals surface area contributed by atoms with Crippen LogP contribution in [0, 0.1) is 0 Å². The number of fused-ring (bicyclic) bond motifs is 2. The van der Waals surface area contributed by atoms with Crippen molar-refractivity contribution in [3.63, 3.8) is 0 Å². The zero-order valence-corrected chi connectivity index (χ0v) is 14.3. The van der Waals surface area contributed by atoms with Crippen LogP contribution in [0.4, 0.5) is 5.82 Å². The van der Waals surface area contributed by atoms with Crippen molar-refractivity contribution >= 4 is 27.4 Å². The first-order valence-corrected chi connectivity index (χ1v) is 9.03. The molecule has 1 aromatic carbocycles. The van der Waals surface area contributed by atoms with Gasteiger partial charge in [0.1, 0.15) is 23.6 Å². The summed E-state index contributed by atoms with van der Waals surface area (Å²) in [4.78, 5) is 10.9. The topological polar surface area (TPSA) is 56.3 Å². The Morgan fingerprint density at radius 1 is 1.25 bits per heavy atom. The zero-order chi connectivity index (χ0) is 16.4. The van der Waals surface area contributed by atoms with Gasteiger partial charge in [-0.2, -0.15) is 0 Å². The Kier molecular flexibility index (Phi) is 4.21. The fraction of sp³-hybridized carbons (Fsp3) is 0.333. The molecule has 0 saturated heterocycles. The van der Waals surface area contributed by atoms with Gasteiger partial charge in [-0.25, -0.2) is 9.97 Å². The van der Waals surface area contributed by atoms with E-state index >= 15 is 0 Å². The molecule has 4 rings (SSSR count). The first-order chi connectivity index (χ1) is 11.8. The number of rotatable bonds is 5. The molecule has 0 fully saturated rings. The number of hydrogen-bond donors (Lipinski definition) is 1. The van der Waals surface area contributed by atoms with Crippen molar-refractivity contribution in [1.29, 1.82) is 0 Å². The summed E-state index contributed by atoms with van der Waals surface area (Å²) in [6.45, 7) is 3.61. The summed E-state index contributed by atoms with van der Waals surface area (Å²) in [5.74, 6) is 2.49. The summed E-state index contributed by atoms with van der Waals surface area (Å²) >= 11 is 1.64. The molecule has 1 N–H and O–H groups in total. The van der Waals surface area contributed by atoms with Crippen molar-refractivity contribution in [3.8, 4) is 11.5 Å². The normalized spacial score (nSPS) is 16.3. The standard InChI is InChI=1S/C18H19N3O2S/c1-2-3-8-19-17-12-9-16(24-18(12)21-11-20-17)15-10-22-13-6-4-5-7-14(13)23-15/h4-7,9,11,15H,2-3,8,10H2,1H3,(H,19,20,21). The van der Waals surface area contributed by atoms with E-state index in [0.717, 1.165) is 51.8 Å². The molecule has 24 heavy (non-hydrogen) atoms. The van der Waals surface area contributed by atoms with Gasteiger partial charge in [0.05, 0.1) is 10.3 Å².